The van der Waals surface area contributed by atoms with Crippen LogP contribution >= 0.6 is 11.5 Å². The molecule has 0 aliphatic carbocycles. The molecule has 5 aromatic rings. The number of hydrogen-bond acceptors (Lipinski definition) is 9. The van der Waals surface area contributed by atoms with Crippen molar-refractivity contribution in [2.45, 2.75) is 39.3 Å². The van der Waals surface area contributed by atoms with Crippen LogP contribution in [0.3, 0.4) is 0 Å². The predicted octanol–water partition coefficient (Wildman–Crippen LogP) is 4.26. The fourth-order valence-corrected chi connectivity index (χ4v) is 5.37. The van der Waals surface area contributed by atoms with E-state index in [1.165, 1.54) is 47.7 Å². The van der Waals surface area contributed by atoms with Gasteiger partial charge in [-0.3, -0.25) is 23.8 Å². The molecule has 6 rings (SSSR count). The SMILES string of the molecule is Cc1cn2c(-c3cnn(CC(=O)Nc4ccncc4F)c3)cnc2c(Nc2cc(CN3CCCCC3)ns2)n1. The number of anilines is 3. The maximum Gasteiger partial charge on any atom is 0.246 e. The molecular weight excluding hydrogens is 519 g/mol. The normalized spacial score (nSPS) is 14.1. The van der Waals surface area contributed by atoms with Gasteiger partial charge in [-0.2, -0.15) is 9.47 Å². The molecule has 0 saturated carbocycles. The summed E-state index contributed by atoms with van der Waals surface area (Å²) in [6.07, 6.45) is 13.4. The van der Waals surface area contributed by atoms with Gasteiger partial charge in [-0.1, -0.05) is 6.42 Å². The van der Waals surface area contributed by atoms with Crippen LogP contribution in [0.2, 0.25) is 0 Å². The molecule has 0 unspecified atom stereocenters. The average molecular weight is 547 g/mol. The Bertz CT molecular complexity index is 1620. The minimum absolute atomic E-state index is 0.0724. The van der Waals surface area contributed by atoms with Crippen molar-refractivity contribution in [2.24, 2.45) is 0 Å². The Hall–Kier alpha value is -4.23. The number of likely N-dealkylation sites (tertiary alicyclic amines) is 1. The number of aryl methyl sites for hydroxylation is 1. The monoisotopic (exact) mass is 546 g/mol. The third kappa shape index (κ3) is 5.64. The molecule has 0 radical (unpaired) electrons. The second-order valence-corrected chi connectivity index (χ2v) is 10.3. The summed E-state index contributed by atoms with van der Waals surface area (Å²) in [7, 11) is 0. The van der Waals surface area contributed by atoms with Gasteiger partial charge in [-0.05, 0) is 56.5 Å². The van der Waals surface area contributed by atoms with Gasteiger partial charge < -0.3 is 10.6 Å². The zero-order chi connectivity index (χ0) is 26.8. The Morgan fingerprint density at radius 1 is 1.15 bits per heavy atom. The zero-order valence-electron chi connectivity index (χ0n) is 21.3. The van der Waals surface area contributed by atoms with E-state index >= 15 is 0 Å². The number of fused-ring (bicyclic) bond motifs is 1. The number of piperidine rings is 1. The fourth-order valence-electron chi connectivity index (χ4n) is 4.71. The van der Waals surface area contributed by atoms with E-state index in [2.05, 4.69) is 46.0 Å². The summed E-state index contributed by atoms with van der Waals surface area (Å²) in [6.45, 7) is 4.97. The average Bonchev–Trinajstić information content (AvgIpc) is 3.66. The Morgan fingerprint density at radius 2 is 2.03 bits per heavy atom. The first-order chi connectivity index (χ1) is 19.0. The molecule has 0 bridgehead atoms. The molecule has 1 aliphatic heterocycles. The van der Waals surface area contributed by atoms with Crippen molar-refractivity contribution in [1.82, 2.24) is 38.4 Å². The molecule has 0 atom stereocenters. The molecule has 1 aliphatic rings. The largest absolute Gasteiger partial charge is 0.328 e. The van der Waals surface area contributed by atoms with Gasteiger partial charge >= 0.3 is 0 Å². The van der Waals surface area contributed by atoms with E-state index in [0.29, 0.717) is 11.5 Å². The Kier molecular flexibility index (Phi) is 6.99. The maximum atomic E-state index is 13.8. The molecule has 5 aromatic heterocycles. The quantitative estimate of drug-likeness (QED) is 0.296. The molecule has 13 heteroatoms. The second-order valence-electron chi connectivity index (χ2n) is 9.54. The van der Waals surface area contributed by atoms with Crippen molar-refractivity contribution in [2.75, 3.05) is 23.7 Å². The Morgan fingerprint density at radius 3 is 2.87 bits per heavy atom. The highest BCUT2D eigenvalue weighted by Crippen LogP contribution is 2.28. The lowest BCUT2D eigenvalue weighted by molar-refractivity contribution is -0.116. The number of halogens is 1. The minimum Gasteiger partial charge on any atom is -0.328 e. The molecule has 11 nitrogen and oxygen atoms in total. The number of aromatic nitrogens is 7. The smallest absolute Gasteiger partial charge is 0.246 e. The van der Waals surface area contributed by atoms with Crippen LogP contribution in [0.4, 0.5) is 20.9 Å². The van der Waals surface area contributed by atoms with Crippen molar-refractivity contribution in [3.05, 3.63) is 66.5 Å². The standard InChI is InChI=1S/C26H27FN10OS/c1-17-13-37-22(18-10-30-36(14-18)16-23(38)32-21-5-6-28-11-20(21)27)12-29-26(37)25(31-17)33-24-9-19(34-39-24)15-35-7-3-2-4-8-35/h5-6,9-14H,2-4,7-8,15-16H2,1H3,(H,31,33)(H,28,32,38). The summed E-state index contributed by atoms with van der Waals surface area (Å²) < 4.78 is 21.9. The van der Waals surface area contributed by atoms with Gasteiger partial charge in [0.15, 0.2) is 17.3 Å². The first-order valence-corrected chi connectivity index (χ1v) is 13.5. The van der Waals surface area contributed by atoms with Gasteiger partial charge in [0.25, 0.3) is 0 Å². The molecule has 39 heavy (non-hydrogen) atoms. The molecule has 0 aromatic carbocycles. The number of nitrogens with one attached hydrogen (secondary N) is 2. The van der Waals surface area contributed by atoms with Crippen LogP contribution in [0.5, 0.6) is 0 Å². The second kappa shape index (κ2) is 10.9. The highest BCUT2D eigenvalue weighted by Gasteiger charge is 2.17. The van der Waals surface area contributed by atoms with Crippen LogP contribution in [0.15, 0.2) is 49.3 Å². The van der Waals surface area contributed by atoms with Crippen molar-refractivity contribution >= 4 is 39.6 Å². The summed E-state index contributed by atoms with van der Waals surface area (Å²) >= 11 is 1.42. The number of carbonyl (C=O) groups is 1. The molecule has 200 valence electrons. The van der Waals surface area contributed by atoms with Crippen LogP contribution in [0, 0.1) is 12.7 Å². The van der Waals surface area contributed by atoms with E-state index in [0.717, 1.165) is 53.5 Å². The van der Waals surface area contributed by atoms with Gasteiger partial charge in [0, 0.05) is 30.7 Å². The van der Waals surface area contributed by atoms with Crippen LogP contribution in [-0.4, -0.2) is 57.4 Å². The summed E-state index contributed by atoms with van der Waals surface area (Å²) in [5.74, 6) is -0.355. The highest BCUT2D eigenvalue weighted by molar-refractivity contribution is 7.10. The number of rotatable bonds is 8. The molecule has 0 spiro atoms. The number of hydrogen-bond donors (Lipinski definition) is 2. The van der Waals surface area contributed by atoms with Crippen LogP contribution in [0.1, 0.15) is 30.7 Å². The predicted molar refractivity (Wildman–Crippen MR) is 146 cm³/mol. The third-order valence-electron chi connectivity index (χ3n) is 6.53. The molecule has 1 fully saturated rings. The number of imidazole rings is 1. The first-order valence-electron chi connectivity index (χ1n) is 12.7. The molecule has 2 N–H and O–H groups in total. The Balaban J connectivity index is 1.18. The number of amides is 1. The van der Waals surface area contributed by atoms with E-state index in [1.54, 1.807) is 18.6 Å². The summed E-state index contributed by atoms with van der Waals surface area (Å²) in [4.78, 5) is 27.9. The van der Waals surface area contributed by atoms with Crippen LogP contribution in [0.25, 0.3) is 16.9 Å². The van der Waals surface area contributed by atoms with Crippen LogP contribution < -0.4 is 10.6 Å². The van der Waals surface area contributed by atoms with E-state index in [4.69, 9.17) is 0 Å². The minimum atomic E-state index is -0.595. The van der Waals surface area contributed by atoms with E-state index in [-0.39, 0.29) is 12.2 Å². The number of carbonyl (C=O) groups excluding carboxylic acids is 1. The first kappa shape index (κ1) is 25.1. The van der Waals surface area contributed by atoms with Gasteiger partial charge in [0.2, 0.25) is 5.91 Å². The highest BCUT2D eigenvalue weighted by atomic mass is 32.1. The molecular formula is C26H27FN10OS. The van der Waals surface area contributed by atoms with Crippen LogP contribution in [-0.2, 0) is 17.9 Å². The van der Waals surface area contributed by atoms with Gasteiger partial charge in [0.05, 0.1) is 41.4 Å². The number of pyridine rings is 1. The van der Waals surface area contributed by atoms with E-state index in [9.17, 15) is 9.18 Å². The maximum absolute atomic E-state index is 13.8. The Labute approximate surface area is 227 Å². The molecule has 1 saturated heterocycles. The van der Waals surface area contributed by atoms with Crippen molar-refractivity contribution in [3.8, 4) is 11.3 Å². The summed E-state index contributed by atoms with van der Waals surface area (Å²) in [6, 6.07) is 3.49. The zero-order valence-corrected chi connectivity index (χ0v) is 22.2. The summed E-state index contributed by atoms with van der Waals surface area (Å²) in [5.41, 5.74) is 4.20. The van der Waals surface area contributed by atoms with Crippen molar-refractivity contribution in [1.29, 1.82) is 0 Å². The van der Waals surface area contributed by atoms with E-state index in [1.807, 2.05) is 17.5 Å². The third-order valence-corrected chi connectivity index (χ3v) is 7.27. The molecule has 1 amide bonds. The van der Waals surface area contributed by atoms with E-state index < -0.39 is 11.7 Å². The topological polar surface area (TPSA) is 118 Å². The number of nitrogens with zero attached hydrogens (tertiary/aromatic N) is 8. The summed E-state index contributed by atoms with van der Waals surface area (Å²) in [5, 5.41) is 11.2. The van der Waals surface area contributed by atoms with Gasteiger partial charge in [0.1, 0.15) is 11.5 Å². The lowest BCUT2D eigenvalue weighted by Crippen LogP contribution is -2.29. The van der Waals surface area contributed by atoms with Gasteiger partial charge in [-0.25, -0.2) is 14.4 Å². The lowest BCUT2D eigenvalue weighted by atomic mass is 10.1. The fraction of sp³-hybridized carbons (Fsp3) is 0.308. The molecule has 6 heterocycles. The van der Waals surface area contributed by atoms with Crippen molar-refractivity contribution in [3.63, 3.8) is 0 Å². The van der Waals surface area contributed by atoms with Gasteiger partial charge in [-0.15, -0.1) is 0 Å². The lowest BCUT2D eigenvalue weighted by Gasteiger charge is -2.25. The van der Waals surface area contributed by atoms with Crippen molar-refractivity contribution < 1.29 is 9.18 Å².